The number of ether oxygens (including phenoxy) is 3. The van der Waals surface area contributed by atoms with E-state index in [1.54, 1.807) is 21.3 Å². The van der Waals surface area contributed by atoms with Crippen molar-refractivity contribution in [1.29, 1.82) is 0 Å². The normalized spacial score (nSPS) is 11.7. The number of carbonyl (C=O) groups excluding carboxylic acids is 1. The average molecular weight is 393 g/mol. The zero-order chi connectivity index (χ0) is 20.8. The zero-order valence-electron chi connectivity index (χ0n) is 17.3. The standard InChI is InChI=1S/C24H27NO4/c1-16(18-6-7-20-15-21(27-2)9-8-19(20)14-18)24(26)25-12-11-17-5-10-22(28-3)23(13-17)29-4/h5-10,13-16H,11-12H2,1-4H3,(H,25,26)/t16-/m0/s1. The lowest BCUT2D eigenvalue weighted by atomic mass is 9.97. The predicted octanol–water partition coefficient (Wildman–Crippen LogP) is 4.33. The van der Waals surface area contributed by atoms with Crippen LogP contribution >= 0.6 is 0 Å². The third-order valence-corrected chi connectivity index (χ3v) is 5.13. The summed E-state index contributed by atoms with van der Waals surface area (Å²) in [7, 11) is 4.89. The van der Waals surface area contributed by atoms with Crippen LogP contribution in [0.1, 0.15) is 24.0 Å². The highest BCUT2D eigenvalue weighted by atomic mass is 16.5. The number of hydrogen-bond acceptors (Lipinski definition) is 4. The Hall–Kier alpha value is -3.21. The molecule has 0 heterocycles. The van der Waals surface area contributed by atoms with E-state index in [1.807, 2.05) is 55.5 Å². The van der Waals surface area contributed by atoms with Crippen LogP contribution in [0.15, 0.2) is 54.6 Å². The van der Waals surface area contributed by atoms with Gasteiger partial charge in [-0.2, -0.15) is 0 Å². The first-order valence-electron chi connectivity index (χ1n) is 9.62. The van der Waals surface area contributed by atoms with Gasteiger partial charge in [0.2, 0.25) is 5.91 Å². The molecule has 0 aliphatic rings. The van der Waals surface area contributed by atoms with Crippen LogP contribution in [0.4, 0.5) is 0 Å². The molecule has 3 rings (SSSR count). The molecule has 5 heteroatoms. The number of carbonyl (C=O) groups is 1. The Balaban J connectivity index is 1.61. The van der Waals surface area contributed by atoms with Crippen molar-refractivity contribution in [3.63, 3.8) is 0 Å². The molecule has 0 aliphatic heterocycles. The number of nitrogens with one attached hydrogen (secondary N) is 1. The maximum atomic E-state index is 12.6. The minimum atomic E-state index is -0.230. The summed E-state index contributed by atoms with van der Waals surface area (Å²) in [5.74, 6) is 2.00. The van der Waals surface area contributed by atoms with Gasteiger partial charge in [0.25, 0.3) is 0 Å². The molecule has 0 bridgehead atoms. The van der Waals surface area contributed by atoms with Gasteiger partial charge in [-0.1, -0.05) is 30.3 Å². The van der Waals surface area contributed by atoms with E-state index < -0.39 is 0 Å². The van der Waals surface area contributed by atoms with E-state index in [0.29, 0.717) is 18.0 Å². The molecule has 29 heavy (non-hydrogen) atoms. The largest absolute Gasteiger partial charge is 0.497 e. The maximum Gasteiger partial charge on any atom is 0.227 e. The fourth-order valence-corrected chi connectivity index (χ4v) is 3.31. The SMILES string of the molecule is COc1ccc2cc([C@H](C)C(=O)NCCc3ccc(OC)c(OC)c3)ccc2c1. The van der Waals surface area contributed by atoms with Gasteiger partial charge in [-0.25, -0.2) is 0 Å². The molecule has 0 aromatic heterocycles. The second-order valence-corrected chi connectivity index (χ2v) is 6.92. The van der Waals surface area contributed by atoms with Crippen molar-refractivity contribution in [3.05, 3.63) is 65.7 Å². The van der Waals surface area contributed by atoms with Crippen molar-refractivity contribution in [2.45, 2.75) is 19.3 Å². The van der Waals surface area contributed by atoms with Gasteiger partial charge in [-0.05, 0) is 59.5 Å². The third kappa shape index (κ3) is 4.80. The Labute approximate surface area is 171 Å². The minimum absolute atomic E-state index is 0.0124. The van der Waals surface area contributed by atoms with E-state index >= 15 is 0 Å². The Bertz CT molecular complexity index is 999. The molecular formula is C24H27NO4. The highest BCUT2D eigenvalue weighted by molar-refractivity contribution is 5.88. The Morgan fingerprint density at radius 2 is 1.59 bits per heavy atom. The fourth-order valence-electron chi connectivity index (χ4n) is 3.31. The molecule has 1 N–H and O–H groups in total. The number of methoxy groups -OCH3 is 3. The van der Waals surface area contributed by atoms with Crippen LogP contribution in [0.25, 0.3) is 10.8 Å². The molecule has 0 radical (unpaired) electrons. The predicted molar refractivity (Wildman–Crippen MR) is 115 cm³/mol. The van der Waals surface area contributed by atoms with Gasteiger partial charge < -0.3 is 19.5 Å². The van der Waals surface area contributed by atoms with Gasteiger partial charge in [0.1, 0.15) is 5.75 Å². The van der Waals surface area contributed by atoms with Crippen LogP contribution in [0, 0.1) is 0 Å². The zero-order valence-corrected chi connectivity index (χ0v) is 17.3. The Morgan fingerprint density at radius 1 is 0.862 bits per heavy atom. The van der Waals surface area contributed by atoms with E-state index in [2.05, 4.69) is 11.4 Å². The monoisotopic (exact) mass is 393 g/mol. The van der Waals surface area contributed by atoms with Crippen LogP contribution < -0.4 is 19.5 Å². The smallest absolute Gasteiger partial charge is 0.227 e. The molecular weight excluding hydrogens is 366 g/mol. The van der Waals surface area contributed by atoms with Crippen LogP contribution in [-0.2, 0) is 11.2 Å². The summed E-state index contributed by atoms with van der Waals surface area (Å²) in [6.07, 6.45) is 0.719. The number of rotatable bonds is 8. The molecule has 0 aliphatic carbocycles. The van der Waals surface area contributed by atoms with Crippen molar-refractivity contribution in [2.24, 2.45) is 0 Å². The fraction of sp³-hybridized carbons (Fsp3) is 0.292. The Morgan fingerprint density at radius 3 is 2.31 bits per heavy atom. The summed E-state index contributed by atoms with van der Waals surface area (Å²) in [4.78, 5) is 12.6. The molecule has 5 nitrogen and oxygen atoms in total. The summed E-state index contributed by atoms with van der Waals surface area (Å²) < 4.78 is 15.9. The van der Waals surface area contributed by atoms with Gasteiger partial charge >= 0.3 is 0 Å². The van der Waals surface area contributed by atoms with Gasteiger partial charge in [0, 0.05) is 6.54 Å². The molecule has 0 spiro atoms. The molecule has 1 amide bonds. The van der Waals surface area contributed by atoms with E-state index in [1.165, 1.54) is 0 Å². The first kappa shape index (κ1) is 20.5. The average Bonchev–Trinajstić information content (AvgIpc) is 2.77. The molecule has 0 fully saturated rings. The van der Waals surface area contributed by atoms with Crippen molar-refractivity contribution in [3.8, 4) is 17.2 Å². The lowest BCUT2D eigenvalue weighted by Gasteiger charge is -2.14. The van der Waals surface area contributed by atoms with E-state index in [-0.39, 0.29) is 11.8 Å². The number of fused-ring (bicyclic) bond motifs is 1. The van der Waals surface area contributed by atoms with Crippen molar-refractivity contribution < 1.29 is 19.0 Å². The van der Waals surface area contributed by atoms with Gasteiger partial charge in [-0.15, -0.1) is 0 Å². The molecule has 3 aromatic carbocycles. The lowest BCUT2D eigenvalue weighted by Crippen LogP contribution is -2.29. The van der Waals surface area contributed by atoms with Crippen molar-refractivity contribution in [2.75, 3.05) is 27.9 Å². The number of benzene rings is 3. The van der Waals surface area contributed by atoms with Crippen LogP contribution in [-0.4, -0.2) is 33.8 Å². The molecule has 0 unspecified atom stereocenters. The summed E-state index contributed by atoms with van der Waals surface area (Å²) in [5, 5.41) is 5.21. The van der Waals surface area contributed by atoms with Gasteiger partial charge in [0.05, 0.1) is 27.2 Å². The molecule has 0 saturated carbocycles. The highest BCUT2D eigenvalue weighted by Gasteiger charge is 2.15. The topological polar surface area (TPSA) is 56.8 Å². The third-order valence-electron chi connectivity index (χ3n) is 5.13. The first-order valence-corrected chi connectivity index (χ1v) is 9.62. The Kier molecular flexibility index (Phi) is 6.60. The summed E-state index contributed by atoms with van der Waals surface area (Å²) >= 11 is 0. The molecule has 3 aromatic rings. The molecule has 0 saturated heterocycles. The van der Waals surface area contributed by atoms with Crippen LogP contribution in [0.2, 0.25) is 0 Å². The lowest BCUT2D eigenvalue weighted by molar-refractivity contribution is -0.122. The first-order chi connectivity index (χ1) is 14.0. The van der Waals surface area contributed by atoms with Crippen molar-refractivity contribution >= 4 is 16.7 Å². The molecule has 1 atom stereocenters. The van der Waals surface area contributed by atoms with Gasteiger partial charge in [-0.3, -0.25) is 4.79 Å². The quantitative estimate of drug-likeness (QED) is 0.619. The second-order valence-electron chi connectivity index (χ2n) is 6.92. The minimum Gasteiger partial charge on any atom is -0.497 e. The second kappa shape index (κ2) is 9.32. The summed E-state index contributed by atoms with van der Waals surface area (Å²) in [6.45, 7) is 2.49. The highest BCUT2D eigenvalue weighted by Crippen LogP contribution is 2.28. The maximum absolute atomic E-state index is 12.6. The van der Waals surface area contributed by atoms with Crippen LogP contribution in [0.3, 0.4) is 0 Å². The van der Waals surface area contributed by atoms with Crippen LogP contribution in [0.5, 0.6) is 17.2 Å². The number of amides is 1. The summed E-state index contributed by atoms with van der Waals surface area (Å²) in [5.41, 5.74) is 2.07. The van der Waals surface area contributed by atoms with Crippen molar-refractivity contribution in [1.82, 2.24) is 5.32 Å². The van der Waals surface area contributed by atoms with E-state index in [0.717, 1.165) is 34.1 Å². The number of hydrogen-bond donors (Lipinski definition) is 1. The van der Waals surface area contributed by atoms with E-state index in [9.17, 15) is 4.79 Å². The summed E-state index contributed by atoms with van der Waals surface area (Å²) in [6, 6.07) is 17.8. The molecule has 152 valence electrons. The van der Waals surface area contributed by atoms with E-state index in [4.69, 9.17) is 14.2 Å². The van der Waals surface area contributed by atoms with Gasteiger partial charge in [0.15, 0.2) is 11.5 Å².